The van der Waals surface area contributed by atoms with Gasteiger partial charge in [0.25, 0.3) is 0 Å². The van der Waals surface area contributed by atoms with E-state index in [9.17, 15) is 5.11 Å². The summed E-state index contributed by atoms with van der Waals surface area (Å²) in [6, 6.07) is 14.7. The standard InChI is InChI=1S/C22H27NO.2ClH.Zr/c1-15-8-7-11-21(17(15)3)23-14-20-13-19(12-16(2)22(20)24)18-9-5-4-6-10-18;;;/h4-6,9-10,12-15,17,21,24H,7-8,11H2,1-3H3;2*1H;/q;;;+2/p-2. The van der Waals surface area contributed by atoms with E-state index in [4.69, 9.17) is 22.0 Å². The van der Waals surface area contributed by atoms with Crippen molar-refractivity contribution in [1.29, 1.82) is 0 Å². The Labute approximate surface area is 181 Å². The number of aromatic hydroxyl groups is 1. The van der Waals surface area contributed by atoms with Crippen molar-refractivity contribution in [3.05, 3.63) is 53.6 Å². The average molecular weight is 484 g/mol. The number of phenols is 1. The number of hydrogen-bond donors (Lipinski definition) is 1. The zero-order valence-corrected chi connectivity index (χ0v) is 20.1. The molecule has 0 aliphatic heterocycles. The second-order valence-corrected chi connectivity index (χ2v) is 11.0. The van der Waals surface area contributed by atoms with Gasteiger partial charge in [-0.1, -0.05) is 57.0 Å². The molecule has 1 fully saturated rings. The summed E-state index contributed by atoms with van der Waals surface area (Å²) in [6.07, 6.45) is 5.59. The van der Waals surface area contributed by atoms with Gasteiger partial charge in [0.1, 0.15) is 5.75 Å². The summed E-state index contributed by atoms with van der Waals surface area (Å²) in [5, 5.41) is 10.4. The minimum atomic E-state index is -0.826. The van der Waals surface area contributed by atoms with E-state index in [1.54, 1.807) is 0 Å². The van der Waals surface area contributed by atoms with Crippen molar-refractivity contribution in [3.8, 4) is 16.9 Å². The SMILES string of the molecule is Cc1cc(-c2ccccc2)cc(C=NC2CCCC(C)C2C)c1O.[Cl][Zr][Cl]. The maximum absolute atomic E-state index is 10.4. The van der Waals surface area contributed by atoms with E-state index >= 15 is 0 Å². The summed E-state index contributed by atoms with van der Waals surface area (Å²) in [7, 11) is 9.87. The maximum atomic E-state index is 10.4. The van der Waals surface area contributed by atoms with E-state index < -0.39 is 20.8 Å². The van der Waals surface area contributed by atoms with E-state index in [2.05, 4.69) is 26.0 Å². The summed E-state index contributed by atoms with van der Waals surface area (Å²) < 4.78 is 0. The van der Waals surface area contributed by atoms with Crippen LogP contribution in [0.25, 0.3) is 11.1 Å². The number of hydrogen-bond acceptors (Lipinski definition) is 2. The molecule has 0 aromatic heterocycles. The van der Waals surface area contributed by atoms with Crippen LogP contribution in [0, 0.1) is 18.8 Å². The molecule has 0 bridgehead atoms. The van der Waals surface area contributed by atoms with Crippen molar-refractivity contribution in [2.75, 3.05) is 0 Å². The van der Waals surface area contributed by atoms with Gasteiger partial charge in [0, 0.05) is 11.8 Å². The Morgan fingerprint density at radius 2 is 1.74 bits per heavy atom. The zero-order valence-electron chi connectivity index (χ0n) is 16.1. The molecule has 1 aliphatic rings. The summed E-state index contributed by atoms with van der Waals surface area (Å²) in [5.74, 6) is 1.68. The molecule has 0 heterocycles. The zero-order chi connectivity index (χ0) is 19.8. The summed E-state index contributed by atoms with van der Waals surface area (Å²) >= 11 is -0.826. The Kier molecular flexibility index (Phi) is 9.56. The third-order valence-electron chi connectivity index (χ3n) is 5.51. The van der Waals surface area contributed by atoms with Crippen molar-refractivity contribution in [1.82, 2.24) is 0 Å². The van der Waals surface area contributed by atoms with E-state index in [0.717, 1.165) is 34.6 Å². The van der Waals surface area contributed by atoms with Crippen LogP contribution >= 0.6 is 17.0 Å². The first kappa shape index (κ1) is 22.7. The van der Waals surface area contributed by atoms with Gasteiger partial charge < -0.3 is 5.11 Å². The van der Waals surface area contributed by atoms with Crippen LogP contribution < -0.4 is 0 Å². The van der Waals surface area contributed by atoms with Crippen molar-refractivity contribution >= 4 is 23.2 Å². The van der Waals surface area contributed by atoms with Crippen molar-refractivity contribution < 1.29 is 26.0 Å². The molecule has 2 aromatic rings. The Hall–Kier alpha value is -0.627. The van der Waals surface area contributed by atoms with Gasteiger partial charge in [0.05, 0.1) is 6.04 Å². The third kappa shape index (κ3) is 6.45. The van der Waals surface area contributed by atoms with Crippen molar-refractivity contribution in [2.45, 2.75) is 46.1 Å². The Bertz CT molecular complexity index is 751. The van der Waals surface area contributed by atoms with Gasteiger partial charge in [-0.2, -0.15) is 0 Å². The van der Waals surface area contributed by atoms with Crippen LogP contribution in [0.15, 0.2) is 47.5 Å². The van der Waals surface area contributed by atoms with Crippen LogP contribution in [0.4, 0.5) is 0 Å². The summed E-state index contributed by atoms with van der Waals surface area (Å²) in [4.78, 5) is 4.84. The molecule has 1 N–H and O–H groups in total. The van der Waals surface area contributed by atoms with Gasteiger partial charge >= 0.3 is 37.9 Å². The van der Waals surface area contributed by atoms with Crippen molar-refractivity contribution in [2.24, 2.45) is 16.8 Å². The number of benzene rings is 2. The Morgan fingerprint density at radius 1 is 1.07 bits per heavy atom. The van der Waals surface area contributed by atoms with Crippen LogP contribution in [0.1, 0.15) is 44.2 Å². The fraction of sp³-hybridized carbons (Fsp3) is 0.409. The quantitative estimate of drug-likeness (QED) is 0.469. The first-order valence-corrected chi connectivity index (χ1v) is 15.7. The van der Waals surface area contributed by atoms with Crippen LogP contribution in [-0.2, 0) is 20.8 Å². The number of rotatable bonds is 3. The van der Waals surface area contributed by atoms with E-state index in [-0.39, 0.29) is 0 Å². The van der Waals surface area contributed by atoms with E-state index in [0.29, 0.717) is 17.7 Å². The first-order chi connectivity index (χ1) is 13.0. The molecule has 2 aromatic carbocycles. The van der Waals surface area contributed by atoms with Gasteiger partial charge in [-0.25, -0.2) is 0 Å². The normalized spacial score (nSPS) is 22.2. The number of phenolic OH excluding ortho intramolecular Hbond substituents is 1. The first-order valence-electron chi connectivity index (χ1n) is 9.36. The fourth-order valence-corrected chi connectivity index (χ4v) is 3.64. The second kappa shape index (κ2) is 11.4. The molecule has 1 aliphatic carbocycles. The molecule has 0 saturated heterocycles. The second-order valence-electron chi connectivity index (χ2n) is 7.28. The molecular formula is C22H27Cl2NOZr. The molecule has 0 radical (unpaired) electrons. The predicted molar refractivity (Wildman–Crippen MR) is 114 cm³/mol. The number of aryl methyl sites for hydroxylation is 1. The average Bonchev–Trinajstić information content (AvgIpc) is 2.67. The van der Waals surface area contributed by atoms with E-state index in [1.165, 1.54) is 12.8 Å². The summed E-state index contributed by atoms with van der Waals surface area (Å²) in [6.45, 7) is 6.58. The third-order valence-corrected chi connectivity index (χ3v) is 5.51. The van der Waals surface area contributed by atoms with Gasteiger partial charge in [0.15, 0.2) is 0 Å². The van der Waals surface area contributed by atoms with Gasteiger partial charge in [-0.3, -0.25) is 4.99 Å². The van der Waals surface area contributed by atoms with Crippen LogP contribution in [0.3, 0.4) is 0 Å². The summed E-state index contributed by atoms with van der Waals surface area (Å²) in [5.41, 5.74) is 3.99. The number of nitrogens with zero attached hydrogens (tertiary/aromatic N) is 1. The molecule has 27 heavy (non-hydrogen) atoms. The molecule has 5 heteroatoms. The van der Waals surface area contributed by atoms with Crippen LogP contribution in [0.2, 0.25) is 0 Å². The Morgan fingerprint density at radius 3 is 2.41 bits per heavy atom. The molecule has 2 nitrogen and oxygen atoms in total. The number of aliphatic imine (C=N–C) groups is 1. The molecule has 3 atom stereocenters. The monoisotopic (exact) mass is 481 g/mol. The molecule has 0 spiro atoms. The van der Waals surface area contributed by atoms with Gasteiger partial charge in [-0.15, -0.1) is 0 Å². The van der Waals surface area contributed by atoms with Gasteiger partial charge in [0.2, 0.25) is 0 Å². The van der Waals surface area contributed by atoms with Crippen LogP contribution in [-0.4, -0.2) is 17.4 Å². The molecule has 1 saturated carbocycles. The molecule has 3 rings (SSSR count). The van der Waals surface area contributed by atoms with Crippen molar-refractivity contribution in [3.63, 3.8) is 0 Å². The fourth-order valence-electron chi connectivity index (χ4n) is 3.64. The molecular weight excluding hydrogens is 456 g/mol. The predicted octanol–water partition coefficient (Wildman–Crippen LogP) is 6.99. The van der Waals surface area contributed by atoms with E-state index in [1.807, 2.05) is 43.5 Å². The minimum absolute atomic E-state index is 0.343. The number of halogens is 2. The molecule has 3 unspecified atom stereocenters. The van der Waals surface area contributed by atoms with Gasteiger partial charge in [-0.05, 0) is 54.0 Å². The molecule has 144 valence electrons. The topological polar surface area (TPSA) is 32.6 Å². The Balaban J connectivity index is 0.000000817. The van der Waals surface area contributed by atoms with Crippen LogP contribution in [0.5, 0.6) is 5.75 Å². The molecule has 0 amide bonds.